The van der Waals surface area contributed by atoms with E-state index in [1.165, 1.54) is 0 Å². The maximum absolute atomic E-state index is 12.8. The molecule has 28 heavy (non-hydrogen) atoms. The number of methoxy groups -OCH3 is 2. The number of aromatic nitrogens is 1. The molecule has 0 spiro atoms. The Morgan fingerprint density at radius 2 is 1.79 bits per heavy atom. The number of nitrogens with zero attached hydrogens (tertiary/aromatic N) is 1. The average molecular weight is 399 g/mol. The zero-order valence-corrected chi connectivity index (χ0v) is 16.2. The lowest BCUT2D eigenvalue weighted by Crippen LogP contribution is -2.30. The Bertz CT molecular complexity index is 1040. The van der Waals surface area contributed by atoms with Gasteiger partial charge in [-0.2, -0.15) is 0 Å². The highest BCUT2D eigenvalue weighted by Gasteiger charge is 2.16. The van der Waals surface area contributed by atoms with Gasteiger partial charge in [0, 0.05) is 16.5 Å². The lowest BCUT2D eigenvalue weighted by atomic mass is 10.0. The highest BCUT2D eigenvalue weighted by molar-refractivity contribution is 6.27. The molecule has 0 radical (unpaired) electrons. The molecular weight excluding hydrogens is 380 g/mol. The van der Waals surface area contributed by atoms with E-state index in [9.17, 15) is 9.59 Å². The summed E-state index contributed by atoms with van der Waals surface area (Å²) in [5.41, 5.74) is 2.56. The molecule has 1 heterocycles. The predicted octanol–water partition coefficient (Wildman–Crippen LogP) is 3.46. The number of carbonyl (C=O) groups is 2. The molecule has 3 rings (SSSR count). The van der Waals surface area contributed by atoms with Crippen LogP contribution in [-0.2, 0) is 4.79 Å². The van der Waals surface area contributed by atoms with Crippen molar-refractivity contribution in [2.45, 2.75) is 0 Å². The summed E-state index contributed by atoms with van der Waals surface area (Å²) in [4.78, 5) is 28.8. The number of para-hydroxylation sites is 1. The van der Waals surface area contributed by atoms with Crippen LogP contribution in [0, 0.1) is 0 Å². The molecule has 2 aromatic carbocycles. The van der Waals surface area contributed by atoms with Crippen molar-refractivity contribution < 1.29 is 19.1 Å². The smallest absolute Gasteiger partial charge is 0.235 e. The monoisotopic (exact) mass is 398 g/mol. The Balaban J connectivity index is 2.07. The number of ether oxygens (including phenoxy) is 2. The molecule has 1 N–H and O–H groups in total. The summed E-state index contributed by atoms with van der Waals surface area (Å²) in [6.45, 7) is -0.134. The van der Waals surface area contributed by atoms with Gasteiger partial charge >= 0.3 is 0 Å². The number of pyridine rings is 1. The van der Waals surface area contributed by atoms with Crippen LogP contribution in [0.15, 0.2) is 48.5 Å². The normalized spacial score (nSPS) is 10.5. The second kappa shape index (κ2) is 8.71. The summed E-state index contributed by atoms with van der Waals surface area (Å²) < 4.78 is 10.6. The molecule has 1 aromatic heterocycles. The Labute approximate surface area is 167 Å². The summed E-state index contributed by atoms with van der Waals surface area (Å²) in [7, 11) is 3.13. The Hall–Kier alpha value is -3.12. The Morgan fingerprint density at radius 3 is 2.50 bits per heavy atom. The summed E-state index contributed by atoms with van der Waals surface area (Å²) in [6.07, 6.45) is 0. The van der Waals surface area contributed by atoms with Crippen molar-refractivity contribution in [3.05, 3.63) is 54.1 Å². The van der Waals surface area contributed by atoms with Crippen LogP contribution in [0.5, 0.6) is 11.5 Å². The maximum atomic E-state index is 12.8. The average Bonchev–Trinajstić information content (AvgIpc) is 2.75. The van der Waals surface area contributed by atoms with Crippen molar-refractivity contribution in [2.24, 2.45) is 0 Å². The first-order valence-electron chi connectivity index (χ1n) is 8.55. The molecule has 1 amide bonds. The molecule has 0 aliphatic carbocycles. The molecule has 3 aromatic rings. The number of ketones is 1. The Morgan fingerprint density at radius 1 is 1.04 bits per heavy atom. The largest absolute Gasteiger partial charge is 0.493 e. The number of carbonyl (C=O) groups excluding carboxylic acids is 2. The van der Waals surface area contributed by atoms with Crippen LogP contribution >= 0.6 is 11.6 Å². The molecule has 0 saturated heterocycles. The van der Waals surface area contributed by atoms with Crippen LogP contribution in [0.1, 0.15) is 10.4 Å². The van der Waals surface area contributed by atoms with Crippen molar-refractivity contribution in [3.63, 3.8) is 0 Å². The molecule has 0 aliphatic heterocycles. The summed E-state index contributed by atoms with van der Waals surface area (Å²) in [5.74, 6) is 0.359. The first-order valence-corrected chi connectivity index (χ1v) is 9.09. The van der Waals surface area contributed by atoms with Gasteiger partial charge in [-0.15, -0.1) is 11.6 Å². The summed E-state index contributed by atoms with van der Waals surface area (Å²) >= 11 is 5.48. The molecule has 0 saturated carbocycles. The zero-order valence-electron chi connectivity index (χ0n) is 15.5. The van der Waals surface area contributed by atoms with Crippen molar-refractivity contribution in [1.82, 2.24) is 10.3 Å². The highest BCUT2D eigenvalue weighted by Crippen LogP contribution is 2.33. The minimum absolute atomic E-state index is 0.134. The lowest BCUT2D eigenvalue weighted by molar-refractivity contribution is -0.118. The van der Waals surface area contributed by atoms with Gasteiger partial charge in [0.05, 0.1) is 32.0 Å². The number of alkyl halides is 1. The van der Waals surface area contributed by atoms with E-state index in [1.807, 2.05) is 30.3 Å². The second-order valence-electron chi connectivity index (χ2n) is 5.98. The van der Waals surface area contributed by atoms with Gasteiger partial charge < -0.3 is 14.8 Å². The topological polar surface area (TPSA) is 77.5 Å². The fourth-order valence-electron chi connectivity index (χ4n) is 2.87. The molecule has 144 valence electrons. The van der Waals surface area contributed by atoms with E-state index in [0.29, 0.717) is 28.3 Å². The molecule has 0 unspecified atom stereocenters. The van der Waals surface area contributed by atoms with Crippen LogP contribution in [-0.4, -0.2) is 43.3 Å². The van der Waals surface area contributed by atoms with E-state index in [1.54, 1.807) is 32.4 Å². The molecular formula is C21H19ClN2O4. The van der Waals surface area contributed by atoms with Gasteiger partial charge in [-0.05, 0) is 30.3 Å². The van der Waals surface area contributed by atoms with Crippen LogP contribution in [0.25, 0.3) is 22.2 Å². The molecule has 6 nitrogen and oxygen atoms in total. The van der Waals surface area contributed by atoms with E-state index >= 15 is 0 Å². The highest BCUT2D eigenvalue weighted by atomic mass is 35.5. The third-order valence-corrected chi connectivity index (χ3v) is 4.51. The van der Waals surface area contributed by atoms with Gasteiger partial charge in [0.1, 0.15) is 5.88 Å². The minimum Gasteiger partial charge on any atom is -0.493 e. The van der Waals surface area contributed by atoms with E-state index in [-0.39, 0.29) is 18.2 Å². The van der Waals surface area contributed by atoms with Gasteiger partial charge in [0.2, 0.25) is 5.91 Å². The van der Waals surface area contributed by atoms with Crippen molar-refractivity contribution in [2.75, 3.05) is 26.6 Å². The third-order valence-electron chi connectivity index (χ3n) is 4.26. The van der Waals surface area contributed by atoms with Crippen molar-refractivity contribution >= 4 is 34.2 Å². The molecule has 7 heteroatoms. The number of nitrogens with one attached hydrogen (secondary N) is 1. The standard InChI is InChI=1S/C21H19ClN2O4/c1-27-19-8-7-13(9-20(19)28-2)17-10-15(18(25)12-23-21(26)11-22)14-5-3-4-6-16(14)24-17/h3-10H,11-12H2,1-2H3,(H,23,26). The number of benzene rings is 2. The summed E-state index contributed by atoms with van der Waals surface area (Å²) in [5, 5.41) is 3.23. The van der Waals surface area contributed by atoms with Crippen LogP contribution in [0.3, 0.4) is 0 Å². The molecule has 0 bridgehead atoms. The zero-order chi connectivity index (χ0) is 20.1. The van der Waals surface area contributed by atoms with Crippen molar-refractivity contribution in [1.29, 1.82) is 0 Å². The van der Waals surface area contributed by atoms with Crippen LogP contribution < -0.4 is 14.8 Å². The van der Waals surface area contributed by atoms with E-state index in [0.717, 1.165) is 10.9 Å². The van der Waals surface area contributed by atoms with E-state index in [4.69, 9.17) is 21.1 Å². The number of rotatable bonds is 7. The third kappa shape index (κ3) is 4.07. The number of hydrogen-bond donors (Lipinski definition) is 1. The number of halogens is 1. The summed E-state index contributed by atoms with van der Waals surface area (Å²) in [6, 6.07) is 14.5. The van der Waals surface area contributed by atoms with Gasteiger partial charge in [0.25, 0.3) is 0 Å². The SMILES string of the molecule is COc1ccc(-c2cc(C(=O)CNC(=O)CCl)c3ccccc3n2)cc1OC. The van der Waals surface area contributed by atoms with E-state index < -0.39 is 5.91 Å². The number of Topliss-reactive ketones (excluding diaryl/α,β-unsaturated/α-hetero) is 1. The van der Waals surface area contributed by atoms with Crippen LogP contribution in [0.2, 0.25) is 0 Å². The van der Waals surface area contributed by atoms with Gasteiger partial charge in [-0.3, -0.25) is 9.59 Å². The van der Waals surface area contributed by atoms with Gasteiger partial charge in [-0.1, -0.05) is 18.2 Å². The van der Waals surface area contributed by atoms with E-state index in [2.05, 4.69) is 10.3 Å². The second-order valence-corrected chi connectivity index (χ2v) is 6.24. The number of hydrogen-bond acceptors (Lipinski definition) is 5. The fraction of sp³-hybridized carbons (Fsp3) is 0.190. The maximum Gasteiger partial charge on any atom is 0.235 e. The quantitative estimate of drug-likeness (QED) is 0.487. The van der Waals surface area contributed by atoms with Gasteiger partial charge in [-0.25, -0.2) is 4.98 Å². The lowest BCUT2D eigenvalue weighted by Gasteiger charge is -2.12. The fourth-order valence-corrected chi connectivity index (χ4v) is 2.97. The van der Waals surface area contributed by atoms with Gasteiger partial charge in [0.15, 0.2) is 17.3 Å². The number of amides is 1. The molecule has 0 aliphatic rings. The molecule has 0 fully saturated rings. The first kappa shape index (κ1) is 19.6. The number of fused-ring (bicyclic) bond motifs is 1. The molecule has 0 atom stereocenters. The van der Waals surface area contributed by atoms with Crippen LogP contribution in [0.4, 0.5) is 0 Å². The predicted molar refractivity (Wildman–Crippen MR) is 108 cm³/mol. The first-order chi connectivity index (χ1) is 13.6. The minimum atomic E-state index is -0.395. The Kier molecular flexibility index (Phi) is 6.11. The van der Waals surface area contributed by atoms with Crippen molar-refractivity contribution in [3.8, 4) is 22.8 Å².